The lowest BCUT2D eigenvalue weighted by molar-refractivity contribution is 0.102. The Morgan fingerprint density at radius 3 is 2.26 bits per heavy atom. The summed E-state index contributed by atoms with van der Waals surface area (Å²) in [4.78, 5) is 12.8. The summed E-state index contributed by atoms with van der Waals surface area (Å²) < 4.78 is 22.5. The SMILES string of the molecule is NS(=O)(=O)Cc1cccc(NC(=O)c2ccccc2Cc2ccccc2)c1. The highest BCUT2D eigenvalue weighted by Crippen LogP contribution is 2.18. The van der Waals surface area contributed by atoms with Gasteiger partial charge in [0.25, 0.3) is 5.91 Å². The molecular weight excluding hydrogens is 360 g/mol. The molecule has 27 heavy (non-hydrogen) atoms. The molecule has 0 saturated heterocycles. The van der Waals surface area contributed by atoms with Crippen LogP contribution in [0.25, 0.3) is 0 Å². The molecule has 0 aliphatic carbocycles. The maximum atomic E-state index is 12.8. The lowest BCUT2D eigenvalue weighted by Gasteiger charge is -2.11. The van der Waals surface area contributed by atoms with Gasteiger partial charge in [0.15, 0.2) is 0 Å². The summed E-state index contributed by atoms with van der Waals surface area (Å²) in [6.45, 7) is 0. The molecular formula is C21H20N2O3S. The second-order valence-corrected chi connectivity index (χ2v) is 7.90. The summed E-state index contributed by atoms with van der Waals surface area (Å²) in [5.41, 5.74) is 3.66. The first-order chi connectivity index (χ1) is 12.9. The van der Waals surface area contributed by atoms with Crippen LogP contribution in [0.1, 0.15) is 27.0 Å². The molecule has 0 radical (unpaired) electrons. The first-order valence-electron chi connectivity index (χ1n) is 8.43. The van der Waals surface area contributed by atoms with Crippen molar-refractivity contribution >= 4 is 21.6 Å². The van der Waals surface area contributed by atoms with Crippen LogP contribution >= 0.6 is 0 Å². The summed E-state index contributed by atoms with van der Waals surface area (Å²) in [5.74, 6) is -0.518. The molecule has 3 aromatic rings. The molecule has 0 saturated carbocycles. The van der Waals surface area contributed by atoms with E-state index in [4.69, 9.17) is 5.14 Å². The standard InChI is InChI=1S/C21H20N2O3S/c22-27(25,26)15-17-9-6-11-19(14-17)23-21(24)20-12-5-4-10-18(20)13-16-7-2-1-3-8-16/h1-12,14H,13,15H2,(H,23,24)(H2,22,25,26). The fraction of sp³-hybridized carbons (Fsp3) is 0.0952. The average molecular weight is 380 g/mol. The Kier molecular flexibility index (Phi) is 5.69. The van der Waals surface area contributed by atoms with E-state index in [-0.39, 0.29) is 11.7 Å². The lowest BCUT2D eigenvalue weighted by atomic mass is 9.99. The number of carbonyl (C=O) groups excluding carboxylic acids is 1. The topological polar surface area (TPSA) is 89.3 Å². The number of nitrogens with two attached hydrogens (primary N) is 1. The summed E-state index contributed by atoms with van der Waals surface area (Å²) in [7, 11) is -3.63. The molecule has 3 rings (SSSR count). The zero-order valence-corrected chi connectivity index (χ0v) is 15.4. The predicted octanol–water partition coefficient (Wildman–Crippen LogP) is 3.32. The van der Waals surface area contributed by atoms with Gasteiger partial charge in [0.05, 0.1) is 5.75 Å². The smallest absolute Gasteiger partial charge is 0.255 e. The maximum absolute atomic E-state index is 12.8. The number of amides is 1. The number of rotatable bonds is 6. The minimum atomic E-state index is -3.63. The van der Waals surface area contributed by atoms with Gasteiger partial charge in [-0.2, -0.15) is 0 Å². The van der Waals surface area contributed by atoms with E-state index >= 15 is 0 Å². The number of primary sulfonamides is 1. The molecule has 0 spiro atoms. The van der Waals surface area contributed by atoms with E-state index in [1.807, 2.05) is 48.5 Å². The van der Waals surface area contributed by atoms with Gasteiger partial charge < -0.3 is 5.32 Å². The molecule has 0 unspecified atom stereocenters. The summed E-state index contributed by atoms with van der Waals surface area (Å²) in [6.07, 6.45) is 0.649. The Morgan fingerprint density at radius 1 is 0.852 bits per heavy atom. The van der Waals surface area contributed by atoms with E-state index in [1.165, 1.54) is 0 Å². The molecule has 0 aliphatic rings. The molecule has 3 N–H and O–H groups in total. The largest absolute Gasteiger partial charge is 0.322 e. The Bertz CT molecular complexity index is 1050. The number of anilines is 1. The second-order valence-electron chi connectivity index (χ2n) is 6.28. The van der Waals surface area contributed by atoms with Crippen molar-refractivity contribution < 1.29 is 13.2 Å². The lowest BCUT2D eigenvalue weighted by Crippen LogP contribution is -2.16. The third-order valence-corrected chi connectivity index (χ3v) is 4.79. The van der Waals surface area contributed by atoms with Crippen LogP contribution in [-0.2, 0) is 22.2 Å². The van der Waals surface area contributed by atoms with Crippen molar-refractivity contribution in [1.82, 2.24) is 0 Å². The zero-order valence-electron chi connectivity index (χ0n) is 14.6. The molecule has 138 valence electrons. The van der Waals surface area contributed by atoms with Gasteiger partial charge in [-0.15, -0.1) is 0 Å². The second kappa shape index (κ2) is 8.16. The number of sulfonamides is 1. The van der Waals surface area contributed by atoms with Crippen molar-refractivity contribution in [3.8, 4) is 0 Å². The van der Waals surface area contributed by atoms with E-state index in [9.17, 15) is 13.2 Å². The Labute approximate surface area is 158 Å². The van der Waals surface area contributed by atoms with Gasteiger partial charge in [0, 0.05) is 11.3 Å². The minimum absolute atomic E-state index is 0.241. The van der Waals surface area contributed by atoms with Gasteiger partial charge >= 0.3 is 0 Å². The number of nitrogens with one attached hydrogen (secondary N) is 1. The van der Waals surface area contributed by atoms with Gasteiger partial charge in [0.2, 0.25) is 10.0 Å². The Hall–Kier alpha value is -2.96. The fourth-order valence-electron chi connectivity index (χ4n) is 2.88. The quantitative estimate of drug-likeness (QED) is 0.687. The van der Waals surface area contributed by atoms with Gasteiger partial charge in [-0.1, -0.05) is 60.7 Å². The van der Waals surface area contributed by atoms with E-state index in [2.05, 4.69) is 5.32 Å². The van der Waals surface area contributed by atoms with E-state index in [0.29, 0.717) is 23.2 Å². The molecule has 5 nitrogen and oxygen atoms in total. The third-order valence-electron chi connectivity index (χ3n) is 4.05. The molecule has 0 aliphatic heterocycles. The summed E-state index contributed by atoms with van der Waals surface area (Å²) >= 11 is 0. The molecule has 0 bridgehead atoms. The van der Waals surface area contributed by atoms with Crippen molar-refractivity contribution in [2.75, 3.05) is 5.32 Å². The van der Waals surface area contributed by atoms with Gasteiger partial charge in [-0.3, -0.25) is 4.79 Å². The van der Waals surface area contributed by atoms with Gasteiger partial charge in [-0.25, -0.2) is 13.6 Å². The van der Waals surface area contributed by atoms with E-state index in [1.54, 1.807) is 30.3 Å². The van der Waals surface area contributed by atoms with Crippen LogP contribution < -0.4 is 10.5 Å². The van der Waals surface area contributed by atoms with E-state index < -0.39 is 10.0 Å². The molecule has 0 heterocycles. The summed E-state index contributed by atoms with van der Waals surface area (Å²) in [5, 5.41) is 7.92. The fourth-order valence-corrected chi connectivity index (χ4v) is 3.53. The number of hydrogen-bond acceptors (Lipinski definition) is 3. The van der Waals surface area contributed by atoms with E-state index in [0.717, 1.165) is 11.1 Å². The highest BCUT2D eigenvalue weighted by Gasteiger charge is 2.12. The van der Waals surface area contributed by atoms with Crippen molar-refractivity contribution in [1.29, 1.82) is 0 Å². The highest BCUT2D eigenvalue weighted by atomic mass is 32.2. The molecule has 3 aromatic carbocycles. The van der Waals surface area contributed by atoms with Crippen LogP contribution in [0.4, 0.5) is 5.69 Å². The minimum Gasteiger partial charge on any atom is -0.322 e. The molecule has 6 heteroatoms. The van der Waals surface area contributed by atoms with Crippen molar-refractivity contribution in [2.45, 2.75) is 12.2 Å². The summed E-state index contributed by atoms with van der Waals surface area (Å²) in [6, 6.07) is 24.0. The number of benzene rings is 3. The van der Waals surface area contributed by atoms with Crippen molar-refractivity contribution in [3.63, 3.8) is 0 Å². The molecule has 0 aromatic heterocycles. The van der Waals surface area contributed by atoms with Crippen LogP contribution in [0.15, 0.2) is 78.9 Å². The maximum Gasteiger partial charge on any atom is 0.255 e. The Balaban J connectivity index is 1.80. The monoisotopic (exact) mass is 380 g/mol. The molecule has 1 amide bonds. The third kappa shape index (κ3) is 5.51. The van der Waals surface area contributed by atoms with Crippen LogP contribution in [0, 0.1) is 0 Å². The number of hydrogen-bond donors (Lipinski definition) is 2. The Morgan fingerprint density at radius 2 is 1.52 bits per heavy atom. The molecule has 0 atom stereocenters. The van der Waals surface area contributed by atoms with Crippen LogP contribution in [0.3, 0.4) is 0 Å². The van der Waals surface area contributed by atoms with Crippen LogP contribution in [0.2, 0.25) is 0 Å². The normalized spacial score (nSPS) is 11.1. The predicted molar refractivity (Wildman–Crippen MR) is 107 cm³/mol. The zero-order chi connectivity index (χ0) is 19.3. The number of carbonyl (C=O) groups is 1. The average Bonchev–Trinajstić information content (AvgIpc) is 2.62. The van der Waals surface area contributed by atoms with Crippen LogP contribution in [0.5, 0.6) is 0 Å². The van der Waals surface area contributed by atoms with Gasteiger partial charge in [-0.05, 0) is 41.3 Å². The van der Waals surface area contributed by atoms with Crippen molar-refractivity contribution in [2.24, 2.45) is 5.14 Å². The van der Waals surface area contributed by atoms with Gasteiger partial charge in [0.1, 0.15) is 0 Å². The van der Waals surface area contributed by atoms with Crippen LogP contribution in [-0.4, -0.2) is 14.3 Å². The first-order valence-corrected chi connectivity index (χ1v) is 10.1. The first kappa shape index (κ1) is 18.8. The molecule has 0 fully saturated rings. The van der Waals surface area contributed by atoms with Crippen molar-refractivity contribution in [3.05, 3.63) is 101 Å². The highest BCUT2D eigenvalue weighted by molar-refractivity contribution is 7.88.